The Kier molecular flexibility index (Phi) is 2.53. The summed E-state index contributed by atoms with van der Waals surface area (Å²) in [5, 5.41) is 11.8. The number of nitrogens with one attached hydrogen (secondary N) is 1. The van der Waals surface area contributed by atoms with Gasteiger partial charge in [0.25, 0.3) is 0 Å². The van der Waals surface area contributed by atoms with Gasteiger partial charge in [-0.2, -0.15) is 5.11 Å². The van der Waals surface area contributed by atoms with Crippen LogP contribution in [0.1, 0.15) is 15.9 Å². The molecule has 0 atom stereocenters. The zero-order valence-corrected chi connectivity index (χ0v) is 6.32. The summed E-state index contributed by atoms with van der Waals surface area (Å²) in [5.41, 5.74) is 7.40. The summed E-state index contributed by atoms with van der Waals surface area (Å²) in [6.07, 6.45) is 0. The molecule has 0 saturated carbocycles. The summed E-state index contributed by atoms with van der Waals surface area (Å²) < 4.78 is 0. The van der Waals surface area contributed by atoms with Gasteiger partial charge >= 0.3 is 5.97 Å². The van der Waals surface area contributed by atoms with Crippen molar-refractivity contribution in [3.63, 3.8) is 0 Å². The highest BCUT2D eigenvalue weighted by Gasteiger charge is 2.07. The number of carboxylic acids is 1. The Morgan fingerprint density at radius 1 is 1.50 bits per heavy atom. The molecular weight excluding hydrogens is 156 g/mol. The number of carboxylic acid groups (broad SMARTS) is 1. The van der Waals surface area contributed by atoms with Gasteiger partial charge in [-0.25, -0.2) is 10.3 Å². The van der Waals surface area contributed by atoms with Crippen molar-refractivity contribution in [3.8, 4) is 0 Å². The third-order valence-corrected chi connectivity index (χ3v) is 1.50. The van der Waals surface area contributed by atoms with Gasteiger partial charge in [-0.1, -0.05) is 18.2 Å². The van der Waals surface area contributed by atoms with E-state index in [0.29, 0.717) is 5.56 Å². The molecule has 0 spiro atoms. The Bertz CT molecular complexity index is 310. The Labute approximate surface area is 69.4 Å². The first-order valence-corrected chi connectivity index (χ1v) is 3.40. The molecule has 1 rings (SSSR count). The largest absolute Gasteiger partial charge is 0.478 e. The lowest BCUT2D eigenvalue weighted by molar-refractivity contribution is 0.0695. The van der Waals surface area contributed by atoms with Gasteiger partial charge in [0.2, 0.25) is 0 Å². The molecule has 0 amide bonds. The van der Waals surface area contributed by atoms with Crippen LogP contribution in [0.2, 0.25) is 0 Å². The Morgan fingerprint density at radius 2 is 2.17 bits per heavy atom. The molecule has 0 aliphatic carbocycles. The summed E-state index contributed by atoms with van der Waals surface area (Å²) in [5.74, 6) is -0.978. The topological polar surface area (TPSA) is 73.5 Å². The van der Waals surface area contributed by atoms with E-state index in [1.54, 1.807) is 18.2 Å². The number of aromatic carboxylic acids is 1. The van der Waals surface area contributed by atoms with E-state index in [2.05, 4.69) is 5.11 Å². The molecule has 0 fully saturated rings. The molecule has 0 aromatic heterocycles. The van der Waals surface area contributed by atoms with E-state index < -0.39 is 5.97 Å². The number of carbonyl (C=O) groups is 1. The first-order valence-electron chi connectivity index (χ1n) is 3.40. The third-order valence-electron chi connectivity index (χ3n) is 1.50. The highest BCUT2D eigenvalue weighted by atomic mass is 16.4. The fourth-order valence-corrected chi connectivity index (χ4v) is 0.952. The van der Waals surface area contributed by atoms with E-state index in [4.69, 9.17) is 10.6 Å². The Hall–Kier alpha value is -1.71. The second-order valence-corrected chi connectivity index (χ2v) is 2.28. The minimum Gasteiger partial charge on any atom is -0.478 e. The lowest BCUT2D eigenvalue weighted by Gasteiger charge is -1.99. The predicted molar refractivity (Wildman–Crippen MR) is 42.3 cm³/mol. The van der Waals surface area contributed by atoms with Crippen molar-refractivity contribution in [2.45, 2.75) is 6.54 Å². The molecule has 4 nitrogen and oxygen atoms in total. The van der Waals surface area contributed by atoms with Crippen molar-refractivity contribution in [3.05, 3.63) is 35.4 Å². The van der Waals surface area contributed by atoms with Gasteiger partial charge < -0.3 is 5.11 Å². The average Bonchev–Trinajstić information content (AvgIpc) is 2.05. The minimum atomic E-state index is -0.978. The van der Waals surface area contributed by atoms with Gasteiger partial charge in [0.15, 0.2) is 0 Å². The molecule has 62 valence electrons. The first-order chi connectivity index (χ1) is 5.75. The van der Waals surface area contributed by atoms with Gasteiger partial charge in [0.1, 0.15) is 0 Å². The molecule has 0 heterocycles. The Morgan fingerprint density at radius 3 is 2.75 bits per heavy atom. The number of rotatable bonds is 3. The fourth-order valence-electron chi connectivity index (χ4n) is 0.952. The van der Waals surface area contributed by atoms with E-state index in [-0.39, 0.29) is 12.1 Å². The highest BCUT2D eigenvalue weighted by Crippen LogP contribution is 2.09. The van der Waals surface area contributed by atoms with Gasteiger partial charge in [-0.15, -0.1) is 0 Å². The van der Waals surface area contributed by atoms with Crippen LogP contribution in [0.3, 0.4) is 0 Å². The molecule has 0 bridgehead atoms. The van der Waals surface area contributed by atoms with Crippen molar-refractivity contribution in [1.82, 2.24) is 0 Å². The number of benzene rings is 1. The fraction of sp³-hybridized carbons (Fsp3) is 0.125. The zero-order chi connectivity index (χ0) is 8.97. The molecule has 4 heteroatoms. The summed E-state index contributed by atoms with van der Waals surface area (Å²) in [6, 6.07) is 6.54. The van der Waals surface area contributed by atoms with Crippen LogP contribution in [0.4, 0.5) is 0 Å². The van der Waals surface area contributed by atoms with Crippen LogP contribution in [0, 0.1) is 5.53 Å². The molecule has 12 heavy (non-hydrogen) atoms. The van der Waals surface area contributed by atoms with Crippen LogP contribution in [-0.2, 0) is 6.54 Å². The quantitative estimate of drug-likeness (QED) is 0.669. The Balaban J connectivity index is 3.07. The monoisotopic (exact) mass is 164 g/mol. The van der Waals surface area contributed by atoms with Crippen molar-refractivity contribution in [1.29, 1.82) is 5.53 Å². The number of nitrogens with zero attached hydrogens (tertiary/aromatic N) is 1. The second kappa shape index (κ2) is 3.61. The summed E-state index contributed by atoms with van der Waals surface area (Å²) in [7, 11) is 0. The molecule has 0 aliphatic heterocycles. The van der Waals surface area contributed by atoms with Crippen LogP contribution >= 0.6 is 0 Å². The first kappa shape index (κ1) is 8.39. The van der Waals surface area contributed by atoms with Crippen LogP contribution in [0.15, 0.2) is 29.4 Å². The molecule has 1 aromatic rings. The third kappa shape index (κ3) is 1.66. The van der Waals surface area contributed by atoms with Gasteiger partial charge in [0.05, 0.1) is 12.1 Å². The lowest BCUT2D eigenvalue weighted by atomic mass is 10.1. The smallest absolute Gasteiger partial charge is 0.336 e. The highest BCUT2D eigenvalue weighted by molar-refractivity contribution is 5.89. The van der Waals surface area contributed by atoms with Crippen molar-refractivity contribution in [2.75, 3.05) is 0 Å². The normalized spacial score (nSPS) is 9.33. The SMILES string of the molecule is N=NCc1ccccc1C(=O)O. The standard InChI is InChI=1S/C8H8N2O2/c9-10-5-6-3-1-2-4-7(6)8(11)12/h1-4,9H,5H2,(H,11,12). The molecule has 1 aromatic carbocycles. The maximum atomic E-state index is 10.6. The van der Waals surface area contributed by atoms with E-state index in [1.165, 1.54) is 6.07 Å². The number of hydrogen-bond acceptors (Lipinski definition) is 3. The molecule has 0 radical (unpaired) electrons. The summed E-state index contributed by atoms with van der Waals surface area (Å²) in [6.45, 7) is 0.127. The van der Waals surface area contributed by atoms with Gasteiger partial charge in [-0.3, -0.25) is 0 Å². The summed E-state index contributed by atoms with van der Waals surface area (Å²) >= 11 is 0. The molecule has 0 aliphatic rings. The van der Waals surface area contributed by atoms with E-state index in [9.17, 15) is 4.79 Å². The summed E-state index contributed by atoms with van der Waals surface area (Å²) in [4.78, 5) is 10.6. The van der Waals surface area contributed by atoms with Crippen LogP contribution in [-0.4, -0.2) is 11.1 Å². The maximum Gasteiger partial charge on any atom is 0.336 e. The minimum absolute atomic E-state index is 0.127. The molecule has 0 unspecified atom stereocenters. The maximum absolute atomic E-state index is 10.6. The average molecular weight is 164 g/mol. The van der Waals surface area contributed by atoms with Gasteiger partial charge in [0, 0.05) is 0 Å². The molecular formula is C8H8N2O2. The van der Waals surface area contributed by atoms with Crippen LogP contribution < -0.4 is 0 Å². The second-order valence-electron chi connectivity index (χ2n) is 2.28. The van der Waals surface area contributed by atoms with Crippen molar-refractivity contribution in [2.24, 2.45) is 5.11 Å². The van der Waals surface area contributed by atoms with Crippen molar-refractivity contribution >= 4 is 5.97 Å². The number of hydrogen-bond donors (Lipinski definition) is 2. The van der Waals surface area contributed by atoms with Crippen molar-refractivity contribution < 1.29 is 9.90 Å². The van der Waals surface area contributed by atoms with E-state index in [0.717, 1.165) is 0 Å². The zero-order valence-electron chi connectivity index (χ0n) is 6.32. The van der Waals surface area contributed by atoms with Gasteiger partial charge in [-0.05, 0) is 11.6 Å². The molecule has 0 saturated heterocycles. The predicted octanol–water partition coefficient (Wildman–Crippen LogP) is 1.92. The van der Waals surface area contributed by atoms with Crippen LogP contribution in [0.5, 0.6) is 0 Å². The lowest BCUT2D eigenvalue weighted by Crippen LogP contribution is -2.00. The van der Waals surface area contributed by atoms with E-state index in [1.807, 2.05) is 0 Å². The van der Waals surface area contributed by atoms with E-state index >= 15 is 0 Å². The van der Waals surface area contributed by atoms with Crippen LogP contribution in [0.25, 0.3) is 0 Å². The molecule has 2 N–H and O–H groups in total.